The van der Waals surface area contributed by atoms with Crippen LogP contribution in [0.15, 0.2) is 18.2 Å². The third-order valence-corrected chi connectivity index (χ3v) is 2.87. The zero-order chi connectivity index (χ0) is 11.7. The summed E-state index contributed by atoms with van der Waals surface area (Å²) in [7, 11) is 0. The molecule has 4 nitrogen and oxygen atoms in total. The van der Waals surface area contributed by atoms with E-state index in [1.807, 2.05) is 0 Å². The Balaban J connectivity index is 2.26. The molecule has 0 heterocycles. The largest absolute Gasteiger partial charge is 0.324 e. The van der Waals surface area contributed by atoms with Crippen LogP contribution >= 0.6 is 0 Å². The Bertz CT molecular complexity index is 418. The Morgan fingerprint density at radius 3 is 2.81 bits per heavy atom. The lowest BCUT2D eigenvalue weighted by Crippen LogP contribution is -2.13. The van der Waals surface area contributed by atoms with Gasteiger partial charge in [0.05, 0.1) is 11.0 Å². The summed E-state index contributed by atoms with van der Waals surface area (Å²) in [6, 6.07) is 3.20. The van der Waals surface area contributed by atoms with Gasteiger partial charge in [-0.2, -0.15) is 0 Å². The van der Waals surface area contributed by atoms with Gasteiger partial charge in [0, 0.05) is 11.6 Å². The molecule has 1 aromatic carbocycles. The Hall–Kier alpha value is -1.49. The van der Waals surface area contributed by atoms with Gasteiger partial charge in [0.15, 0.2) is 0 Å². The number of benzene rings is 1. The first-order valence-corrected chi connectivity index (χ1v) is 5.27. The summed E-state index contributed by atoms with van der Waals surface area (Å²) < 4.78 is 12.9. The Morgan fingerprint density at radius 2 is 2.25 bits per heavy atom. The summed E-state index contributed by atoms with van der Waals surface area (Å²) in [5, 5.41) is 10.8. The average molecular weight is 224 g/mol. The lowest BCUT2D eigenvalue weighted by molar-refractivity contribution is -0.385. The van der Waals surface area contributed by atoms with Crippen LogP contribution in [0.4, 0.5) is 10.1 Å². The number of rotatable bonds is 4. The van der Waals surface area contributed by atoms with Gasteiger partial charge in [0.25, 0.3) is 5.69 Å². The van der Waals surface area contributed by atoms with Crippen LogP contribution in [-0.4, -0.2) is 4.92 Å². The van der Waals surface area contributed by atoms with Crippen LogP contribution in [0.1, 0.15) is 30.9 Å². The maximum absolute atomic E-state index is 12.9. The minimum atomic E-state index is -0.603. The summed E-state index contributed by atoms with van der Waals surface area (Å²) in [6.07, 6.45) is 3.03. The number of nitro benzene ring substituents is 1. The lowest BCUT2D eigenvalue weighted by Gasteiger charge is -2.11. The third kappa shape index (κ3) is 2.36. The maximum Gasteiger partial charge on any atom is 0.277 e. The molecule has 2 N–H and O–H groups in total. The van der Waals surface area contributed by atoms with Crippen molar-refractivity contribution in [3.8, 4) is 0 Å². The van der Waals surface area contributed by atoms with Crippen molar-refractivity contribution >= 4 is 5.69 Å². The molecular formula is C11H13FN2O2. The molecule has 0 radical (unpaired) electrons. The highest BCUT2D eigenvalue weighted by Crippen LogP contribution is 2.38. The smallest absolute Gasteiger partial charge is 0.277 e. The van der Waals surface area contributed by atoms with Gasteiger partial charge in [-0.3, -0.25) is 10.1 Å². The number of halogens is 1. The quantitative estimate of drug-likeness (QED) is 0.631. The number of nitro groups is 1. The normalized spacial score (nSPS) is 17.1. The van der Waals surface area contributed by atoms with Gasteiger partial charge in [-0.25, -0.2) is 4.39 Å². The molecule has 1 aromatic rings. The molecule has 5 heteroatoms. The summed E-state index contributed by atoms with van der Waals surface area (Å²) >= 11 is 0. The van der Waals surface area contributed by atoms with Crippen LogP contribution in [0.25, 0.3) is 0 Å². The highest BCUT2D eigenvalue weighted by molar-refractivity contribution is 5.42. The van der Waals surface area contributed by atoms with E-state index in [9.17, 15) is 14.5 Å². The first-order chi connectivity index (χ1) is 7.58. The second kappa shape index (κ2) is 4.17. The van der Waals surface area contributed by atoms with Crippen LogP contribution in [-0.2, 0) is 0 Å². The second-order valence-corrected chi connectivity index (χ2v) is 4.25. The molecule has 1 aliphatic carbocycles. The van der Waals surface area contributed by atoms with Gasteiger partial charge < -0.3 is 5.73 Å². The molecule has 1 fully saturated rings. The highest BCUT2D eigenvalue weighted by atomic mass is 19.1. The molecule has 0 spiro atoms. The van der Waals surface area contributed by atoms with Gasteiger partial charge in [-0.15, -0.1) is 0 Å². The maximum atomic E-state index is 12.9. The zero-order valence-corrected chi connectivity index (χ0v) is 8.73. The van der Waals surface area contributed by atoms with E-state index in [1.165, 1.54) is 12.1 Å². The van der Waals surface area contributed by atoms with Gasteiger partial charge in [0.2, 0.25) is 0 Å². The number of nitrogens with two attached hydrogens (primary N) is 1. The van der Waals surface area contributed by atoms with E-state index in [0.717, 1.165) is 25.3 Å². The molecule has 0 bridgehead atoms. The van der Waals surface area contributed by atoms with E-state index < -0.39 is 10.7 Å². The predicted molar refractivity (Wildman–Crippen MR) is 57.3 cm³/mol. The molecule has 2 rings (SSSR count). The molecule has 0 aliphatic heterocycles. The van der Waals surface area contributed by atoms with Crippen LogP contribution in [0.5, 0.6) is 0 Å². The van der Waals surface area contributed by atoms with E-state index >= 15 is 0 Å². The highest BCUT2D eigenvalue weighted by Gasteiger charge is 2.28. The van der Waals surface area contributed by atoms with Crippen molar-refractivity contribution in [2.24, 2.45) is 11.7 Å². The summed E-state index contributed by atoms with van der Waals surface area (Å²) in [4.78, 5) is 10.2. The van der Waals surface area contributed by atoms with Gasteiger partial charge in [0.1, 0.15) is 5.82 Å². The molecule has 0 aromatic heterocycles. The molecule has 0 amide bonds. The van der Waals surface area contributed by atoms with Crippen molar-refractivity contribution < 1.29 is 9.31 Å². The summed E-state index contributed by atoms with van der Waals surface area (Å²) in [5.41, 5.74) is 6.11. The zero-order valence-electron chi connectivity index (χ0n) is 8.73. The lowest BCUT2D eigenvalue weighted by atomic mass is 10.0. The van der Waals surface area contributed by atoms with Gasteiger partial charge in [-0.05, 0) is 24.5 Å². The van der Waals surface area contributed by atoms with E-state index in [-0.39, 0.29) is 11.7 Å². The number of hydrogen-bond acceptors (Lipinski definition) is 3. The van der Waals surface area contributed by atoms with Crippen molar-refractivity contribution in [2.45, 2.75) is 25.3 Å². The van der Waals surface area contributed by atoms with E-state index in [4.69, 9.17) is 5.73 Å². The number of hydrogen-bond donors (Lipinski definition) is 1. The molecular weight excluding hydrogens is 211 g/mol. The summed E-state index contributed by atoms with van der Waals surface area (Å²) in [5.74, 6) is -0.0197. The van der Waals surface area contributed by atoms with Crippen LogP contribution < -0.4 is 5.73 Å². The topological polar surface area (TPSA) is 69.2 Å². The molecule has 1 saturated carbocycles. The molecule has 16 heavy (non-hydrogen) atoms. The fraction of sp³-hybridized carbons (Fsp3) is 0.455. The second-order valence-electron chi connectivity index (χ2n) is 4.25. The van der Waals surface area contributed by atoms with Crippen LogP contribution in [0.2, 0.25) is 0 Å². The van der Waals surface area contributed by atoms with E-state index in [2.05, 4.69) is 0 Å². The van der Waals surface area contributed by atoms with Crippen LogP contribution in [0.3, 0.4) is 0 Å². The minimum Gasteiger partial charge on any atom is -0.324 e. The fourth-order valence-electron chi connectivity index (χ4n) is 1.83. The third-order valence-electron chi connectivity index (χ3n) is 2.87. The fourth-order valence-corrected chi connectivity index (χ4v) is 1.83. The SMILES string of the molecule is N[C@H](CC1CC1)c1ccc(F)cc1[N+](=O)[O-]. The van der Waals surface area contributed by atoms with E-state index in [0.29, 0.717) is 11.5 Å². The Labute approximate surface area is 92.4 Å². The molecule has 0 unspecified atom stereocenters. The van der Waals surface area contributed by atoms with Crippen LogP contribution in [0, 0.1) is 21.8 Å². The molecule has 86 valence electrons. The average Bonchev–Trinajstić information content (AvgIpc) is 3.01. The first kappa shape index (κ1) is 11.0. The van der Waals surface area contributed by atoms with Crippen molar-refractivity contribution in [2.75, 3.05) is 0 Å². The molecule has 1 atom stereocenters. The first-order valence-electron chi connectivity index (χ1n) is 5.27. The van der Waals surface area contributed by atoms with Crippen molar-refractivity contribution in [1.82, 2.24) is 0 Å². The van der Waals surface area contributed by atoms with Crippen molar-refractivity contribution in [3.05, 3.63) is 39.7 Å². The number of nitrogens with zero attached hydrogens (tertiary/aromatic N) is 1. The molecule has 1 aliphatic rings. The van der Waals surface area contributed by atoms with Gasteiger partial charge >= 0.3 is 0 Å². The Kier molecular flexibility index (Phi) is 2.87. The molecule has 0 saturated heterocycles. The van der Waals surface area contributed by atoms with Crippen molar-refractivity contribution in [1.29, 1.82) is 0 Å². The van der Waals surface area contributed by atoms with E-state index in [1.54, 1.807) is 0 Å². The minimum absolute atomic E-state index is 0.215. The van der Waals surface area contributed by atoms with Crippen molar-refractivity contribution in [3.63, 3.8) is 0 Å². The predicted octanol–water partition coefficient (Wildman–Crippen LogP) is 2.53. The van der Waals surface area contributed by atoms with Gasteiger partial charge in [-0.1, -0.05) is 12.8 Å². The summed E-state index contributed by atoms with van der Waals surface area (Å²) in [6.45, 7) is 0. The Morgan fingerprint density at radius 1 is 1.56 bits per heavy atom. The standard InChI is InChI=1S/C11H13FN2O2/c12-8-3-4-9(11(6-8)14(15)16)10(13)5-7-1-2-7/h3-4,6-7,10H,1-2,5,13H2/t10-/m1/s1. The monoisotopic (exact) mass is 224 g/mol.